The Hall–Kier alpha value is -0.810. The molecule has 19 heavy (non-hydrogen) atoms. The fraction of sp³-hybridized carbons (Fsp3) is 0.571. The molecule has 0 heterocycles. The van der Waals surface area contributed by atoms with Crippen LogP contribution in [0.1, 0.15) is 12.5 Å². The Kier molecular flexibility index (Phi) is 7.16. The number of anilines is 1. The van der Waals surface area contributed by atoms with E-state index in [2.05, 4.69) is 5.32 Å². The number of hydrogen-bond donors (Lipinski definition) is 2. The van der Waals surface area contributed by atoms with Gasteiger partial charge in [-0.1, -0.05) is 23.7 Å². The molecule has 1 rings (SSSR count). The van der Waals surface area contributed by atoms with Crippen LogP contribution < -0.4 is 5.32 Å². The average Bonchev–Trinajstić information content (AvgIpc) is 2.36. The van der Waals surface area contributed by atoms with Crippen molar-refractivity contribution in [2.45, 2.75) is 26.1 Å². The number of ether oxygens (including phenoxy) is 2. The number of para-hydroxylation sites is 1. The summed E-state index contributed by atoms with van der Waals surface area (Å²) in [4.78, 5) is 0. The van der Waals surface area contributed by atoms with Crippen LogP contribution in [0.2, 0.25) is 5.02 Å². The highest BCUT2D eigenvalue weighted by Crippen LogP contribution is 2.24. The van der Waals surface area contributed by atoms with E-state index >= 15 is 0 Å². The van der Waals surface area contributed by atoms with E-state index in [1.165, 1.54) is 0 Å². The number of aryl methyl sites for hydroxylation is 1. The normalized spacial score (nSPS) is 14.2. The maximum atomic E-state index is 9.84. The largest absolute Gasteiger partial charge is 0.389 e. The van der Waals surface area contributed by atoms with Gasteiger partial charge >= 0.3 is 0 Å². The second-order valence-corrected chi connectivity index (χ2v) is 4.97. The molecule has 2 N–H and O–H groups in total. The van der Waals surface area contributed by atoms with E-state index in [1.54, 1.807) is 7.11 Å². The summed E-state index contributed by atoms with van der Waals surface area (Å²) in [6.45, 7) is 5.05. The first-order valence-electron chi connectivity index (χ1n) is 6.32. The summed E-state index contributed by atoms with van der Waals surface area (Å²) in [5.74, 6) is 0. The van der Waals surface area contributed by atoms with Gasteiger partial charge in [0.25, 0.3) is 0 Å². The third kappa shape index (κ3) is 5.78. The molecule has 0 aliphatic heterocycles. The van der Waals surface area contributed by atoms with Gasteiger partial charge in [-0.05, 0) is 25.5 Å². The molecule has 108 valence electrons. The van der Waals surface area contributed by atoms with Gasteiger partial charge < -0.3 is 19.9 Å². The lowest BCUT2D eigenvalue weighted by Crippen LogP contribution is -2.28. The van der Waals surface area contributed by atoms with Crippen molar-refractivity contribution in [1.29, 1.82) is 0 Å². The van der Waals surface area contributed by atoms with Crippen LogP contribution in [0.25, 0.3) is 0 Å². The zero-order chi connectivity index (χ0) is 14.3. The van der Waals surface area contributed by atoms with E-state index in [0.29, 0.717) is 18.2 Å². The maximum absolute atomic E-state index is 9.84. The molecule has 0 spiro atoms. The predicted octanol–water partition coefficient (Wildman–Crippen LogP) is 2.47. The Bertz CT molecular complexity index is 367. The van der Waals surface area contributed by atoms with Gasteiger partial charge in [-0.25, -0.2) is 0 Å². The third-order valence-electron chi connectivity index (χ3n) is 2.71. The van der Waals surface area contributed by atoms with Gasteiger partial charge in [0, 0.05) is 13.7 Å². The molecule has 0 saturated carbocycles. The first-order chi connectivity index (χ1) is 9.04. The van der Waals surface area contributed by atoms with Crippen LogP contribution in [-0.4, -0.2) is 44.2 Å². The van der Waals surface area contributed by atoms with Gasteiger partial charge in [0.1, 0.15) is 0 Å². The van der Waals surface area contributed by atoms with Crippen molar-refractivity contribution in [3.8, 4) is 0 Å². The van der Waals surface area contributed by atoms with Crippen molar-refractivity contribution < 1.29 is 14.6 Å². The molecule has 2 atom stereocenters. The van der Waals surface area contributed by atoms with Crippen molar-refractivity contribution in [3.63, 3.8) is 0 Å². The molecule has 0 aromatic heterocycles. The monoisotopic (exact) mass is 287 g/mol. The predicted molar refractivity (Wildman–Crippen MR) is 78.0 cm³/mol. The molecule has 0 bridgehead atoms. The first-order valence-corrected chi connectivity index (χ1v) is 6.70. The number of aliphatic hydroxyl groups is 1. The molecular formula is C14H22ClNO3. The SMILES string of the molecule is COCC(C)OCC(O)CNc1c(C)cccc1Cl. The molecule has 0 amide bonds. The Morgan fingerprint density at radius 3 is 2.74 bits per heavy atom. The van der Waals surface area contributed by atoms with E-state index in [1.807, 2.05) is 32.0 Å². The minimum absolute atomic E-state index is 0.0262. The second kappa shape index (κ2) is 8.38. The molecule has 2 unspecified atom stereocenters. The van der Waals surface area contributed by atoms with Crippen LogP contribution >= 0.6 is 11.6 Å². The van der Waals surface area contributed by atoms with Gasteiger partial charge in [0.05, 0.1) is 36.1 Å². The molecule has 0 radical (unpaired) electrons. The lowest BCUT2D eigenvalue weighted by Gasteiger charge is -2.18. The van der Waals surface area contributed by atoms with Crippen molar-refractivity contribution in [2.24, 2.45) is 0 Å². The van der Waals surface area contributed by atoms with E-state index in [4.69, 9.17) is 21.1 Å². The highest BCUT2D eigenvalue weighted by molar-refractivity contribution is 6.33. The standard InChI is InChI=1S/C14H22ClNO3/c1-10-5-4-6-13(15)14(10)16-7-12(17)9-19-11(2)8-18-3/h4-6,11-12,16-17H,7-9H2,1-3H3. The van der Waals surface area contributed by atoms with Gasteiger partial charge in [0.2, 0.25) is 0 Å². The Labute approximate surface area is 119 Å². The number of rotatable bonds is 8. The number of methoxy groups -OCH3 is 1. The van der Waals surface area contributed by atoms with Crippen LogP contribution in [0.5, 0.6) is 0 Å². The Morgan fingerprint density at radius 1 is 1.37 bits per heavy atom. The molecule has 5 heteroatoms. The molecule has 4 nitrogen and oxygen atoms in total. The lowest BCUT2D eigenvalue weighted by molar-refractivity contribution is -0.0282. The second-order valence-electron chi connectivity index (χ2n) is 4.57. The molecule has 0 aliphatic rings. The van der Waals surface area contributed by atoms with Crippen LogP contribution in [-0.2, 0) is 9.47 Å². The van der Waals surface area contributed by atoms with Crippen molar-refractivity contribution in [1.82, 2.24) is 0 Å². The van der Waals surface area contributed by atoms with Gasteiger partial charge in [-0.3, -0.25) is 0 Å². The van der Waals surface area contributed by atoms with Gasteiger partial charge in [-0.15, -0.1) is 0 Å². The molecule has 0 saturated heterocycles. The number of halogens is 1. The zero-order valence-electron chi connectivity index (χ0n) is 11.6. The number of hydrogen-bond acceptors (Lipinski definition) is 4. The molecule has 0 fully saturated rings. The molecule has 0 aliphatic carbocycles. The summed E-state index contributed by atoms with van der Waals surface area (Å²) in [6, 6.07) is 5.69. The highest BCUT2D eigenvalue weighted by atomic mass is 35.5. The highest BCUT2D eigenvalue weighted by Gasteiger charge is 2.10. The topological polar surface area (TPSA) is 50.7 Å². The van der Waals surface area contributed by atoms with Crippen LogP contribution in [0.15, 0.2) is 18.2 Å². The minimum Gasteiger partial charge on any atom is -0.389 e. The molecule has 1 aromatic rings. The molecule has 1 aromatic carbocycles. The quantitative estimate of drug-likeness (QED) is 0.771. The summed E-state index contributed by atoms with van der Waals surface area (Å²) in [6.07, 6.45) is -0.614. The summed E-state index contributed by atoms with van der Waals surface area (Å²) >= 11 is 6.09. The minimum atomic E-state index is -0.588. The van der Waals surface area contributed by atoms with E-state index < -0.39 is 6.10 Å². The maximum Gasteiger partial charge on any atom is 0.0945 e. The van der Waals surface area contributed by atoms with Crippen molar-refractivity contribution >= 4 is 17.3 Å². The van der Waals surface area contributed by atoms with Crippen LogP contribution in [0.3, 0.4) is 0 Å². The summed E-state index contributed by atoms with van der Waals surface area (Å²) < 4.78 is 10.4. The van der Waals surface area contributed by atoms with Crippen molar-refractivity contribution in [2.75, 3.05) is 32.2 Å². The Morgan fingerprint density at radius 2 is 2.11 bits per heavy atom. The number of benzene rings is 1. The fourth-order valence-corrected chi connectivity index (χ4v) is 1.98. The Balaban J connectivity index is 2.36. The smallest absolute Gasteiger partial charge is 0.0945 e. The lowest BCUT2D eigenvalue weighted by atomic mass is 10.2. The zero-order valence-corrected chi connectivity index (χ0v) is 12.4. The number of nitrogens with one attached hydrogen (secondary N) is 1. The van der Waals surface area contributed by atoms with E-state index in [-0.39, 0.29) is 12.7 Å². The fourth-order valence-electron chi connectivity index (χ4n) is 1.69. The number of aliphatic hydroxyl groups excluding tert-OH is 1. The van der Waals surface area contributed by atoms with Gasteiger partial charge in [0.15, 0.2) is 0 Å². The van der Waals surface area contributed by atoms with E-state index in [0.717, 1.165) is 11.3 Å². The van der Waals surface area contributed by atoms with Crippen molar-refractivity contribution in [3.05, 3.63) is 28.8 Å². The van der Waals surface area contributed by atoms with Gasteiger partial charge in [-0.2, -0.15) is 0 Å². The third-order valence-corrected chi connectivity index (χ3v) is 3.03. The molecular weight excluding hydrogens is 266 g/mol. The van der Waals surface area contributed by atoms with Crippen LogP contribution in [0, 0.1) is 6.92 Å². The summed E-state index contributed by atoms with van der Waals surface area (Å²) in [7, 11) is 1.62. The average molecular weight is 288 g/mol. The summed E-state index contributed by atoms with van der Waals surface area (Å²) in [5, 5.41) is 13.6. The summed E-state index contributed by atoms with van der Waals surface area (Å²) in [5.41, 5.74) is 1.90. The first kappa shape index (κ1) is 16.2. The van der Waals surface area contributed by atoms with Crippen LogP contribution in [0.4, 0.5) is 5.69 Å². The van der Waals surface area contributed by atoms with E-state index in [9.17, 15) is 5.11 Å².